The fourth-order valence-electron chi connectivity index (χ4n) is 3.30. The molecule has 6 heteroatoms. The van der Waals surface area contributed by atoms with E-state index in [0.717, 1.165) is 43.3 Å². The fourth-order valence-corrected chi connectivity index (χ4v) is 4.06. The molecule has 1 aliphatic rings. The Morgan fingerprint density at radius 1 is 0.920 bits per heavy atom. The van der Waals surface area contributed by atoms with Crippen molar-refractivity contribution < 1.29 is 0 Å². The summed E-state index contributed by atoms with van der Waals surface area (Å²) in [5.41, 5.74) is 2.24. The Morgan fingerprint density at radius 2 is 1.64 bits per heavy atom. The van der Waals surface area contributed by atoms with Crippen LogP contribution in [0, 0.1) is 0 Å². The maximum absolute atomic E-state index is 6.48. The summed E-state index contributed by atoms with van der Waals surface area (Å²) in [6, 6.07) is 14.0. The lowest BCUT2D eigenvalue weighted by Gasteiger charge is -2.43. The maximum Gasteiger partial charge on any atom is 0.0670 e. The zero-order chi connectivity index (χ0) is 17.8. The van der Waals surface area contributed by atoms with Crippen LogP contribution in [0.2, 0.25) is 15.1 Å². The van der Waals surface area contributed by atoms with E-state index >= 15 is 0 Å². The highest BCUT2D eigenvalue weighted by Crippen LogP contribution is 2.36. The molecule has 0 saturated carbocycles. The van der Waals surface area contributed by atoms with Gasteiger partial charge in [-0.15, -0.1) is 11.6 Å². The first-order valence-electron chi connectivity index (χ1n) is 8.34. The number of alkyl halides is 1. The molecule has 1 fully saturated rings. The van der Waals surface area contributed by atoms with Gasteiger partial charge in [0.05, 0.1) is 16.8 Å². The molecule has 0 amide bonds. The van der Waals surface area contributed by atoms with Gasteiger partial charge in [-0.2, -0.15) is 0 Å². The van der Waals surface area contributed by atoms with Crippen LogP contribution < -0.4 is 4.90 Å². The normalized spacial score (nSPS) is 18.6. The highest BCUT2D eigenvalue weighted by molar-refractivity contribution is 6.36. The predicted octanol–water partition coefficient (Wildman–Crippen LogP) is 6.14. The third kappa shape index (κ3) is 4.75. The Balaban J connectivity index is 1.90. The molecule has 2 aromatic carbocycles. The molecule has 2 aromatic rings. The Morgan fingerprint density at radius 3 is 2.32 bits per heavy atom. The smallest absolute Gasteiger partial charge is 0.0670 e. The van der Waals surface area contributed by atoms with Gasteiger partial charge in [0.2, 0.25) is 0 Å². The first-order chi connectivity index (χ1) is 12.1. The average molecular weight is 418 g/mol. The Bertz CT molecular complexity index is 705. The highest BCUT2D eigenvalue weighted by Gasteiger charge is 2.29. The molecule has 0 N–H and O–H groups in total. The number of rotatable bonds is 5. The summed E-state index contributed by atoms with van der Waals surface area (Å²) < 4.78 is 0. The van der Waals surface area contributed by atoms with E-state index in [1.54, 1.807) is 6.07 Å². The van der Waals surface area contributed by atoms with Crippen molar-refractivity contribution in [3.05, 3.63) is 63.1 Å². The van der Waals surface area contributed by atoms with Crippen molar-refractivity contribution in [2.24, 2.45) is 0 Å². The SMILES string of the molecule is ClCCCN1CCN(c2ccc(Cl)cc2Cl)[C@H](c2ccc(Cl)cc2)C1. The maximum atomic E-state index is 6.48. The minimum atomic E-state index is 0.208. The van der Waals surface area contributed by atoms with Crippen LogP contribution in [0.25, 0.3) is 0 Å². The lowest BCUT2D eigenvalue weighted by Crippen LogP contribution is -2.48. The van der Waals surface area contributed by atoms with Crippen molar-refractivity contribution in [2.45, 2.75) is 12.5 Å². The molecule has 25 heavy (non-hydrogen) atoms. The van der Waals surface area contributed by atoms with Crippen LogP contribution in [0.4, 0.5) is 5.69 Å². The van der Waals surface area contributed by atoms with E-state index in [1.807, 2.05) is 24.3 Å². The van der Waals surface area contributed by atoms with Crippen LogP contribution in [0.5, 0.6) is 0 Å². The van der Waals surface area contributed by atoms with Crippen LogP contribution in [-0.2, 0) is 0 Å². The Kier molecular flexibility index (Phi) is 6.76. The van der Waals surface area contributed by atoms with Gasteiger partial charge in [0, 0.05) is 35.6 Å². The van der Waals surface area contributed by atoms with Crippen molar-refractivity contribution >= 4 is 52.1 Å². The number of anilines is 1. The molecule has 1 heterocycles. The minimum Gasteiger partial charge on any atom is -0.361 e. The topological polar surface area (TPSA) is 6.48 Å². The molecule has 0 unspecified atom stereocenters. The summed E-state index contributed by atoms with van der Waals surface area (Å²) >= 11 is 24.5. The van der Waals surface area contributed by atoms with Gasteiger partial charge < -0.3 is 4.90 Å². The monoisotopic (exact) mass is 416 g/mol. The highest BCUT2D eigenvalue weighted by atomic mass is 35.5. The van der Waals surface area contributed by atoms with Gasteiger partial charge in [-0.25, -0.2) is 0 Å². The van der Waals surface area contributed by atoms with Crippen molar-refractivity contribution in [3.63, 3.8) is 0 Å². The van der Waals surface area contributed by atoms with Crippen LogP contribution in [-0.4, -0.2) is 37.0 Å². The van der Waals surface area contributed by atoms with Crippen LogP contribution >= 0.6 is 46.4 Å². The molecule has 134 valence electrons. The van der Waals surface area contributed by atoms with Gasteiger partial charge in [-0.1, -0.05) is 46.9 Å². The molecule has 1 atom stereocenters. The molecule has 1 aliphatic heterocycles. The number of benzene rings is 2. The minimum absolute atomic E-state index is 0.208. The zero-order valence-electron chi connectivity index (χ0n) is 13.8. The van der Waals surface area contributed by atoms with E-state index in [9.17, 15) is 0 Å². The van der Waals surface area contributed by atoms with Crippen molar-refractivity contribution in [3.8, 4) is 0 Å². The Hall–Kier alpha value is -0.640. The second-order valence-electron chi connectivity index (χ2n) is 6.20. The Labute approximate surface area is 169 Å². The van der Waals surface area contributed by atoms with Gasteiger partial charge in [-0.05, 0) is 48.9 Å². The second kappa shape index (κ2) is 8.83. The third-order valence-electron chi connectivity index (χ3n) is 4.55. The molecular formula is C19H20Cl4N2. The summed E-state index contributed by atoms with van der Waals surface area (Å²) in [4.78, 5) is 4.82. The van der Waals surface area contributed by atoms with Crippen LogP contribution in [0.1, 0.15) is 18.0 Å². The second-order valence-corrected chi connectivity index (χ2v) is 7.86. The quantitative estimate of drug-likeness (QED) is 0.539. The van der Waals surface area contributed by atoms with Gasteiger partial charge in [0.1, 0.15) is 0 Å². The fraction of sp³-hybridized carbons (Fsp3) is 0.368. The number of piperazine rings is 1. The number of halogens is 4. The molecule has 3 rings (SSSR count). The largest absolute Gasteiger partial charge is 0.361 e. The number of nitrogens with zero attached hydrogens (tertiary/aromatic N) is 2. The molecule has 0 aromatic heterocycles. The van der Waals surface area contributed by atoms with E-state index in [4.69, 9.17) is 46.4 Å². The van der Waals surface area contributed by atoms with E-state index in [2.05, 4.69) is 21.9 Å². The summed E-state index contributed by atoms with van der Waals surface area (Å²) in [6.45, 7) is 3.82. The summed E-state index contributed by atoms with van der Waals surface area (Å²) in [5, 5.41) is 2.08. The molecule has 0 radical (unpaired) electrons. The molecule has 0 aliphatic carbocycles. The molecule has 1 saturated heterocycles. The van der Waals surface area contributed by atoms with E-state index < -0.39 is 0 Å². The molecule has 2 nitrogen and oxygen atoms in total. The standard InChI is InChI=1S/C19H20Cl4N2/c20-8-1-9-24-10-11-25(18-7-6-16(22)12-17(18)23)19(13-24)14-2-4-15(21)5-3-14/h2-7,12,19H,1,8-11,13H2/t19-/m0/s1. The van der Waals surface area contributed by atoms with Crippen molar-refractivity contribution in [2.75, 3.05) is 37.0 Å². The van der Waals surface area contributed by atoms with Gasteiger partial charge in [0.25, 0.3) is 0 Å². The van der Waals surface area contributed by atoms with Gasteiger partial charge >= 0.3 is 0 Å². The average Bonchev–Trinajstić information content (AvgIpc) is 2.61. The summed E-state index contributed by atoms with van der Waals surface area (Å²) in [5.74, 6) is 0.689. The van der Waals surface area contributed by atoms with Gasteiger partial charge in [0.15, 0.2) is 0 Å². The van der Waals surface area contributed by atoms with Crippen LogP contribution in [0.3, 0.4) is 0 Å². The lowest BCUT2D eigenvalue weighted by molar-refractivity contribution is 0.224. The first-order valence-corrected chi connectivity index (χ1v) is 10.0. The van der Waals surface area contributed by atoms with Gasteiger partial charge in [-0.3, -0.25) is 4.90 Å². The first kappa shape index (κ1) is 19.1. The summed E-state index contributed by atoms with van der Waals surface area (Å²) in [7, 11) is 0. The zero-order valence-corrected chi connectivity index (χ0v) is 16.8. The molecule has 0 spiro atoms. The number of hydrogen-bond donors (Lipinski definition) is 0. The van der Waals surface area contributed by atoms with E-state index in [0.29, 0.717) is 15.9 Å². The van der Waals surface area contributed by atoms with E-state index in [1.165, 1.54) is 5.56 Å². The molecule has 0 bridgehead atoms. The van der Waals surface area contributed by atoms with Crippen molar-refractivity contribution in [1.82, 2.24) is 4.90 Å². The number of hydrogen-bond acceptors (Lipinski definition) is 2. The van der Waals surface area contributed by atoms with E-state index in [-0.39, 0.29) is 6.04 Å². The van der Waals surface area contributed by atoms with Crippen LogP contribution in [0.15, 0.2) is 42.5 Å². The predicted molar refractivity (Wildman–Crippen MR) is 110 cm³/mol. The third-order valence-corrected chi connectivity index (χ3v) is 5.60. The molecular weight excluding hydrogens is 398 g/mol. The van der Waals surface area contributed by atoms with Crippen molar-refractivity contribution in [1.29, 1.82) is 0 Å². The lowest BCUT2D eigenvalue weighted by atomic mass is 10.0. The summed E-state index contributed by atoms with van der Waals surface area (Å²) in [6.07, 6.45) is 0.997.